The van der Waals surface area contributed by atoms with Crippen LogP contribution < -0.4 is 14.8 Å². The highest BCUT2D eigenvalue weighted by Gasteiger charge is 2.16. The zero-order valence-corrected chi connectivity index (χ0v) is 17.2. The highest BCUT2D eigenvalue weighted by molar-refractivity contribution is 5.75. The maximum atomic E-state index is 9.30. The molecule has 156 valence electrons. The first kappa shape index (κ1) is 19.2. The van der Waals surface area contributed by atoms with Gasteiger partial charge < -0.3 is 14.8 Å². The number of pyridine rings is 1. The maximum absolute atomic E-state index is 9.30. The average Bonchev–Trinajstić information content (AvgIpc) is 3.47. The fourth-order valence-corrected chi connectivity index (χ4v) is 3.90. The van der Waals surface area contributed by atoms with E-state index in [1.54, 1.807) is 24.0 Å². The van der Waals surface area contributed by atoms with Gasteiger partial charge in [-0.25, -0.2) is 9.20 Å². The van der Waals surface area contributed by atoms with Crippen LogP contribution in [0.25, 0.3) is 22.3 Å². The second-order valence-electron chi connectivity index (χ2n) is 7.50. The molecule has 4 heterocycles. The Kier molecular flexibility index (Phi) is 5.02. The molecule has 0 radical (unpaired) electrons. The molecule has 0 unspecified atom stereocenters. The molecule has 1 saturated heterocycles. The summed E-state index contributed by atoms with van der Waals surface area (Å²) in [6.07, 6.45) is 9.45. The lowest BCUT2D eigenvalue weighted by atomic mass is 10.1. The Balaban J connectivity index is 1.44. The number of nitrogens with one attached hydrogen (secondary N) is 1. The van der Waals surface area contributed by atoms with E-state index in [2.05, 4.69) is 21.6 Å². The van der Waals surface area contributed by atoms with Crippen LogP contribution in [0.15, 0.2) is 55.1 Å². The number of hydrogen-bond acceptors (Lipinski definition) is 6. The summed E-state index contributed by atoms with van der Waals surface area (Å²) in [7, 11) is 1.59. The Bertz CT molecular complexity index is 1260. The van der Waals surface area contributed by atoms with E-state index < -0.39 is 0 Å². The van der Waals surface area contributed by atoms with Crippen LogP contribution in [0.2, 0.25) is 0 Å². The van der Waals surface area contributed by atoms with Crippen molar-refractivity contribution in [3.05, 3.63) is 60.7 Å². The van der Waals surface area contributed by atoms with Gasteiger partial charge in [0.25, 0.3) is 0 Å². The topological polar surface area (TPSA) is 89.4 Å². The molecular formula is C23H22N6O2. The number of benzene rings is 1. The zero-order valence-electron chi connectivity index (χ0n) is 17.2. The lowest BCUT2D eigenvalue weighted by Gasteiger charge is -2.24. The van der Waals surface area contributed by atoms with Gasteiger partial charge in [-0.2, -0.15) is 15.5 Å². The molecule has 0 aliphatic carbocycles. The van der Waals surface area contributed by atoms with Crippen molar-refractivity contribution in [2.24, 2.45) is 0 Å². The predicted octanol–water partition coefficient (Wildman–Crippen LogP) is 3.20. The number of piperidine rings is 1. The van der Waals surface area contributed by atoms with Crippen molar-refractivity contribution in [3.63, 3.8) is 0 Å². The molecule has 1 aliphatic rings. The first-order valence-electron chi connectivity index (χ1n) is 10.2. The lowest BCUT2D eigenvalue weighted by Crippen LogP contribution is -2.34. The summed E-state index contributed by atoms with van der Waals surface area (Å²) in [6, 6.07) is 12.0. The molecule has 0 bridgehead atoms. The molecule has 0 spiro atoms. The summed E-state index contributed by atoms with van der Waals surface area (Å²) in [4.78, 5) is 0. The fraction of sp³-hybridized carbons (Fsp3) is 0.261. The van der Waals surface area contributed by atoms with Crippen LogP contribution in [-0.2, 0) is 0 Å². The minimum Gasteiger partial charge on any atom is -0.494 e. The Morgan fingerprint density at radius 1 is 1.10 bits per heavy atom. The first-order chi connectivity index (χ1) is 15.2. The standard InChI is InChI=1S/C23H22N6O2/c1-30-22-9-16(14-29-23(22)17(11-24)12-27-29)18-13-26-28(15-18)19-3-2-4-21(10-19)31-20-5-7-25-8-6-20/h2-4,9-10,12-15,20,25H,5-8H2,1H3. The number of nitriles is 1. The number of nitrogens with zero attached hydrogens (tertiary/aromatic N) is 5. The van der Waals surface area contributed by atoms with Crippen LogP contribution in [0.3, 0.4) is 0 Å². The Morgan fingerprint density at radius 2 is 1.97 bits per heavy atom. The molecule has 1 aliphatic heterocycles. The third-order valence-corrected chi connectivity index (χ3v) is 5.50. The summed E-state index contributed by atoms with van der Waals surface area (Å²) in [6.45, 7) is 1.99. The minimum atomic E-state index is 0.247. The largest absolute Gasteiger partial charge is 0.494 e. The van der Waals surface area contributed by atoms with Gasteiger partial charge in [0.15, 0.2) is 0 Å². The van der Waals surface area contributed by atoms with Gasteiger partial charge in [-0.15, -0.1) is 0 Å². The maximum Gasteiger partial charge on any atom is 0.146 e. The molecule has 1 fully saturated rings. The van der Waals surface area contributed by atoms with Crippen molar-refractivity contribution in [3.8, 4) is 34.4 Å². The van der Waals surface area contributed by atoms with Gasteiger partial charge in [-0.3, -0.25) is 0 Å². The number of aromatic nitrogens is 4. The van der Waals surface area contributed by atoms with Crippen LogP contribution >= 0.6 is 0 Å². The van der Waals surface area contributed by atoms with Gasteiger partial charge in [0.1, 0.15) is 34.8 Å². The van der Waals surface area contributed by atoms with Crippen molar-refractivity contribution in [2.75, 3.05) is 20.2 Å². The predicted molar refractivity (Wildman–Crippen MR) is 116 cm³/mol. The third-order valence-electron chi connectivity index (χ3n) is 5.50. The SMILES string of the molecule is COc1cc(-c2cnn(-c3cccc(OC4CCNCC4)c3)c2)cn2ncc(C#N)c12. The highest BCUT2D eigenvalue weighted by atomic mass is 16.5. The fourth-order valence-electron chi connectivity index (χ4n) is 3.90. The van der Waals surface area contributed by atoms with Crippen LogP contribution in [0, 0.1) is 11.3 Å². The van der Waals surface area contributed by atoms with Crippen molar-refractivity contribution >= 4 is 5.52 Å². The first-order valence-corrected chi connectivity index (χ1v) is 10.2. The van der Waals surface area contributed by atoms with Crippen LogP contribution in [0.1, 0.15) is 18.4 Å². The molecule has 4 aromatic rings. The molecule has 3 aromatic heterocycles. The van der Waals surface area contributed by atoms with Gasteiger partial charge in [-0.05, 0) is 44.1 Å². The summed E-state index contributed by atoms with van der Waals surface area (Å²) >= 11 is 0. The van der Waals surface area contributed by atoms with Crippen LogP contribution in [0.5, 0.6) is 11.5 Å². The van der Waals surface area contributed by atoms with E-state index in [-0.39, 0.29) is 6.10 Å². The normalized spacial score (nSPS) is 14.5. The Hall–Kier alpha value is -3.83. The van der Waals surface area contributed by atoms with Gasteiger partial charge >= 0.3 is 0 Å². The summed E-state index contributed by atoms with van der Waals surface area (Å²) < 4.78 is 15.2. The van der Waals surface area contributed by atoms with E-state index in [1.807, 2.05) is 47.4 Å². The summed E-state index contributed by atoms with van der Waals surface area (Å²) in [5.74, 6) is 1.45. The van der Waals surface area contributed by atoms with E-state index in [9.17, 15) is 5.26 Å². The number of fused-ring (bicyclic) bond motifs is 1. The van der Waals surface area contributed by atoms with Crippen LogP contribution in [0.4, 0.5) is 0 Å². The quantitative estimate of drug-likeness (QED) is 0.539. The van der Waals surface area contributed by atoms with Gasteiger partial charge in [-0.1, -0.05) is 6.07 Å². The van der Waals surface area contributed by atoms with E-state index >= 15 is 0 Å². The van der Waals surface area contributed by atoms with E-state index in [1.165, 1.54) is 0 Å². The lowest BCUT2D eigenvalue weighted by molar-refractivity contribution is 0.162. The number of rotatable bonds is 5. The molecule has 0 amide bonds. The Labute approximate surface area is 179 Å². The molecule has 1 N–H and O–H groups in total. The second-order valence-corrected chi connectivity index (χ2v) is 7.50. The molecule has 31 heavy (non-hydrogen) atoms. The van der Waals surface area contributed by atoms with Gasteiger partial charge in [0, 0.05) is 29.6 Å². The van der Waals surface area contributed by atoms with Gasteiger partial charge in [0.2, 0.25) is 0 Å². The molecule has 8 nitrogen and oxygen atoms in total. The van der Waals surface area contributed by atoms with Crippen molar-refractivity contribution in [1.82, 2.24) is 24.7 Å². The highest BCUT2D eigenvalue weighted by Crippen LogP contribution is 2.30. The average molecular weight is 414 g/mol. The minimum absolute atomic E-state index is 0.247. The van der Waals surface area contributed by atoms with Crippen molar-refractivity contribution in [2.45, 2.75) is 18.9 Å². The number of methoxy groups -OCH3 is 1. The van der Waals surface area contributed by atoms with E-state index in [0.29, 0.717) is 16.8 Å². The van der Waals surface area contributed by atoms with E-state index in [4.69, 9.17) is 9.47 Å². The number of ether oxygens (including phenoxy) is 2. The van der Waals surface area contributed by atoms with Crippen molar-refractivity contribution < 1.29 is 9.47 Å². The molecule has 0 saturated carbocycles. The number of hydrogen-bond donors (Lipinski definition) is 1. The smallest absolute Gasteiger partial charge is 0.146 e. The Morgan fingerprint density at radius 3 is 2.77 bits per heavy atom. The summed E-state index contributed by atoms with van der Waals surface area (Å²) in [5.41, 5.74) is 3.87. The second kappa shape index (κ2) is 8.13. The van der Waals surface area contributed by atoms with Crippen LogP contribution in [-0.4, -0.2) is 45.7 Å². The molecule has 8 heteroatoms. The molecule has 1 aromatic carbocycles. The van der Waals surface area contributed by atoms with Gasteiger partial charge in [0.05, 0.1) is 25.2 Å². The molecule has 5 rings (SSSR count). The monoisotopic (exact) mass is 414 g/mol. The third kappa shape index (κ3) is 3.71. The van der Waals surface area contributed by atoms with E-state index in [0.717, 1.165) is 48.5 Å². The molecular weight excluding hydrogens is 392 g/mol. The summed E-state index contributed by atoms with van der Waals surface area (Å²) in [5, 5.41) is 21.5. The van der Waals surface area contributed by atoms with Crippen molar-refractivity contribution in [1.29, 1.82) is 5.26 Å². The zero-order chi connectivity index (χ0) is 21.2. The molecule has 0 atom stereocenters.